The van der Waals surface area contributed by atoms with Crippen LogP contribution in [0, 0.1) is 0 Å². The van der Waals surface area contributed by atoms with Gasteiger partial charge in [-0.05, 0) is 18.2 Å². The molecule has 3 rings (SSSR count). The highest BCUT2D eigenvalue weighted by atomic mass is 32.1. The predicted octanol–water partition coefficient (Wildman–Crippen LogP) is 2.78. The first-order valence-electron chi connectivity index (χ1n) is 6.57. The van der Waals surface area contributed by atoms with Gasteiger partial charge in [-0.25, -0.2) is 9.97 Å². The highest BCUT2D eigenvalue weighted by Gasteiger charge is 2.12. The summed E-state index contributed by atoms with van der Waals surface area (Å²) in [5.74, 6) is 0.0526. The number of carbonyl (C=O) groups is 1. The van der Waals surface area contributed by atoms with Crippen LogP contribution in [0.2, 0.25) is 0 Å². The van der Waals surface area contributed by atoms with Gasteiger partial charge >= 0.3 is 0 Å². The molecular formula is C15H13N5OS. The van der Waals surface area contributed by atoms with Gasteiger partial charge in [0.05, 0.1) is 17.6 Å². The summed E-state index contributed by atoms with van der Waals surface area (Å²) in [7, 11) is 0. The van der Waals surface area contributed by atoms with E-state index in [0.717, 1.165) is 21.7 Å². The summed E-state index contributed by atoms with van der Waals surface area (Å²) < 4.78 is 0. The molecule has 0 bridgehead atoms. The molecule has 2 aromatic heterocycles. The van der Waals surface area contributed by atoms with E-state index in [0.29, 0.717) is 5.69 Å². The SMILES string of the molecule is CC(=O)Nc1nccc(-c2cn[nH]c2-c2ccc(S)cc2)n1. The van der Waals surface area contributed by atoms with Gasteiger partial charge < -0.3 is 0 Å². The fraction of sp³-hybridized carbons (Fsp3) is 0.0667. The molecule has 3 aromatic rings. The predicted molar refractivity (Wildman–Crippen MR) is 86.6 cm³/mol. The lowest BCUT2D eigenvalue weighted by molar-refractivity contribution is -0.114. The molecule has 2 N–H and O–H groups in total. The number of nitrogens with one attached hydrogen (secondary N) is 2. The molecule has 110 valence electrons. The average Bonchev–Trinajstić information content (AvgIpc) is 2.97. The Hall–Kier alpha value is -2.67. The van der Waals surface area contributed by atoms with Gasteiger partial charge in [0.25, 0.3) is 0 Å². The molecule has 0 aliphatic rings. The number of nitrogens with zero attached hydrogens (tertiary/aromatic N) is 3. The minimum Gasteiger partial charge on any atom is -0.295 e. The summed E-state index contributed by atoms with van der Waals surface area (Å²) in [4.78, 5) is 20.4. The number of anilines is 1. The molecular weight excluding hydrogens is 298 g/mol. The van der Waals surface area contributed by atoms with Crippen LogP contribution < -0.4 is 5.32 Å². The number of thiol groups is 1. The van der Waals surface area contributed by atoms with Crippen molar-refractivity contribution in [3.05, 3.63) is 42.7 Å². The molecule has 0 aliphatic carbocycles. The van der Waals surface area contributed by atoms with Crippen LogP contribution in [0.15, 0.2) is 47.6 Å². The number of hydrogen-bond acceptors (Lipinski definition) is 5. The number of rotatable bonds is 3. The van der Waals surface area contributed by atoms with Crippen LogP contribution in [0.25, 0.3) is 22.5 Å². The minimum absolute atomic E-state index is 0.214. The fourth-order valence-electron chi connectivity index (χ4n) is 2.05. The lowest BCUT2D eigenvalue weighted by Gasteiger charge is -2.05. The number of H-pyrrole nitrogens is 1. The maximum absolute atomic E-state index is 11.1. The van der Waals surface area contributed by atoms with E-state index in [1.165, 1.54) is 6.92 Å². The van der Waals surface area contributed by atoms with E-state index >= 15 is 0 Å². The third kappa shape index (κ3) is 2.99. The van der Waals surface area contributed by atoms with Gasteiger partial charge in [-0.15, -0.1) is 12.6 Å². The van der Waals surface area contributed by atoms with Crippen LogP contribution in [-0.2, 0) is 4.79 Å². The van der Waals surface area contributed by atoms with Gasteiger partial charge in [0.2, 0.25) is 11.9 Å². The van der Waals surface area contributed by atoms with E-state index in [4.69, 9.17) is 0 Å². The van der Waals surface area contributed by atoms with Gasteiger partial charge in [0.15, 0.2) is 0 Å². The highest BCUT2D eigenvalue weighted by Crippen LogP contribution is 2.29. The normalized spacial score (nSPS) is 10.5. The van der Waals surface area contributed by atoms with Gasteiger partial charge in [0, 0.05) is 29.1 Å². The van der Waals surface area contributed by atoms with Gasteiger partial charge in [0.1, 0.15) is 0 Å². The average molecular weight is 311 g/mol. The largest absolute Gasteiger partial charge is 0.295 e. The summed E-state index contributed by atoms with van der Waals surface area (Å²) in [5, 5.41) is 9.65. The summed E-state index contributed by atoms with van der Waals surface area (Å²) in [6.07, 6.45) is 3.30. The summed E-state index contributed by atoms with van der Waals surface area (Å²) in [5.41, 5.74) is 3.34. The van der Waals surface area contributed by atoms with Crippen LogP contribution in [0.4, 0.5) is 5.95 Å². The van der Waals surface area contributed by atoms with E-state index < -0.39 is 0 Å². The van der Waals surface area contributed by atoms with Crippen LogP contribution in [0.5, 0.6) is 0 Å². The standard InChI is InChI=1S/C15H13N5OS/c1-9(21)18-15-16-7-6-13(19-15)12-8-17-20-14(12)10-2-4-11(22)5-3-10/h2-8,22H,1H3,(H,17,20)(H,16,18,19,21). The molecule has 0 aliphatic heterocycles. The first-order valence-corrected chi connectivity index (χ1v) is 7.02. The molecule has 7 heteroatoms. The van der Waals surface area contributed by atoms with Crippen molar-refractivity contribution in [1.82, 2.24) is 20.2 Å². The van der Waals surface area contributed by atoms with E-state index in [1.807, 2.05) is 24.3 Å². The molecule has 6 nitrogen and oxygen atoms in total. The monoisotopic (exact) mass is 311 g/mol. The lowest BCUT2D eigenvalue weighted by atomic mass is 10.1. The van der Waals surface area contributed by atoms with Crippen LogP contribution in [-0.4, -0.2) is 26.1 Å². The molecule has 0 atom stereocenters. The van der Waals surface area contributed by atoms with Crippen molar-refractivity contribution in [1.29, 1.82) is 0 Å². The zero-order chi connectivity index (χ0) is 15.5. The van der Waals surface area contributed by atoms with Crippen LogP contribution in [0.1, 0.15) is 6.92 Å². The number of amides is 1. The molecule has 0 unspecified atom stereocenters. The molecule has 0 radical (unpaired) electrons. The maximum Gasteiger partial charge on any atom is 0.229 e. The summed E-state index contributed by atoms with van der Waals surface area (Å²) >= 11 is 4.28. The second-order valence-electron chi connectivity index (χ2n) is 4.65. The van der Waals surface area contributed by atoms with Crippen molar-refractivity contribution in [2.75, 3.05) is 5.32 Å². The van der Waals surface area contributed by atoms with E-state index in [9.17, 15) is 4.79 Å². The van der Waals surface area contributed by atoms with E-state index in [2.05, 4.69) is 38.1 Å². The number of aromatic amines is 1. The van der Waals surface area contributed by atoms with Crippen molar-refractivity contribution >= 4 is 24.5 Å². The Balaban J connectivity index is 2.01. The van der Waals surface area contributed by atoms with Crippen molar-refractivity contribution in [3.63, 3.8) is 0 Å². The zero-order valence-electron chi connectivity index (χ0n) is 11.7. The van der Waals surface area contributed by atoms with Gasteiger partial charge in [-0.3, -0.25) is 15.2 Å². The fourth-order valence-corrected chi connectivity index (χ4v) is 2.20. The van der Waals surface area contributed by atoms with Gasteiger partial charge in [-0.1, -0.05) is 12.1 Å². The van der Waals surface area contributed by atoms with Crippen LogP contribution in [0.3, 0.4) is 0 Å². The molecule has 0 fully saturated rings. The lowest BCUT2D eigenvalue weighted by Crippen LogP contribution is -2.09. The van der Waals surface area contributed by atoms with Crippen LogP contribution >= 0.6 is 12.6 Å². The second-order valence-corrected chi connectivity index (χ2v) is 5.17. The topological polar surface area (TPSA) is 83.6 Å². The van der Waals surface area contributed by atoms with E-state index in [1.54, 1.807) is 18.5 Å². The summed E-state index contributed by atoms with van der Waals surface area (Å²) in [6, 6.07) is 9.49. The molecule has 0 saturated carbocycles. The molecule has 1 amide bonds. The molecule has 0 saturated heterocycles. The molecule has 2 heterocycles. The Kier molecular flexibility index (Phi) is 3.88. The van der Waals surface area contributed by atoms with Crippen molar-refractivity contribution in [2.45, 2.75) is 11.8 Å². The number of hydrogen-bond donors (Lipinski definition) is 3. The zero-order valence-corrected chi connectivity index (χ0v) is 12.6. The van der Waals surface area contributed by atoms with Gasteiger partial charge in [-0.2, -0.15) is 5.10 Å². The number of aromatic nitrogens is 4. The van der Waals surface area contributed by atoms with E-state index in [-0.39, 0.29) is 11.9 Å². The second kappa shape index (κ2) is 5.98. The number of benzene rings is 1. The smallest absolute Gasteiger partial charge is 0.229 e. The Labute approximate surface area is 132 Å². The molecule has 22 heavy (non-hydrogen) atoms. The minimum atomic E-state index is -0.214. The van der Waals surface area contributed by atoms with Crippen molar-refractivity contribution < 1.29 is 4.79 Å². The van der Waals surface area contributed by atoms with Crippen molar-refractivity contribution in [2.24, 2.45) is 0 Å². The molecule has 0 spiro atoms. The Morgan fingerprint density at radius 3 is 2.73 bits per heavy atom. The third-order valence-corrected chi connectivity index (χ3v) is 3.31. The summed E-state index contributed by atoms with van der Waals surface area (Å²) in [6.45, 7) is 1.42. The Morgan fingerprint density at radius 1 is 1.23 bits per heavy atom. The maximum atomic E-state index is 11.1. The Bertz CT molecular complexity index is 813. The quantitative estimate of drug-likeness (QED) is 0.649. The highest BCUT2D eigenvalue weighted by molar-refractivity contribution is 7.80. The Morgan fingerprint density at radius 2 is 2.00 bits per heavy atom. The number of carbonyl (C=O) groups excluding carboxylic acids is 1. The first-order chi connectivity index (χ1) is 10.6. The first kappa shape index (κ1) is 14.3. The van der Waals surface area contributed by atoms with Crippen molar-refractivity contribution in [3.8, 4) is 22.5 Å². The molecule has 1 aromatic carbocycles. The third-order valence-electron chi connectivity index (χ3n) is 3.01.